The van der Waals surface area contributed by atoms with Crippen molar-refractivity contribution >= 4 is 22.8 Å². The minimum absolute atomic E-state index is 0.112. The summed E-state index contributed by atoms with van der Waals surface area (Å²) in [4.78, 5) is 20.6. The fourth-order valence-electron chi connectivity index (χ4n) is 2.25. The van der Waals surface area contributed by atoms with Gasteiger partial charge in [-0.05, 0) is 24.5 Å². The van der Waals surface area contributed by atoms with Gasteiger partial charge in [0.2, 0.25) is 0 Å². The van der Waals surface area contributed by atoms with E-state index in [0.29, 0.717) is 6.42 Å². The largest absolute Gasteiger partial charge is 0.301 e. The second kappa shape index (κ2) is 8.53. The molecule has 0 spiro atoms. The van der Waals surface area contributed by atoms with Crippen molar-refractivity contribution in [1.29, 1.82) is 0 Å². The second-order valence-electron chi connectivity index (χ2n) is 5.36. The van der Waals surface area contributed by atoms with Gasteiger partial charge in [-0.2, -0.15) is 5.10 Å². The number of hydrogen-bond donors (Lipinski definition) is 1. The molecule has 0 fully saturated rings. The number of unbranched alkanes of at least 4 members (excludes halogenated alkanes) is 1. The Morgan fingerprint density at radius 1 is 1.08 bits per heavy atom. The zero-order valence-electron chi connectivity index (χ0n) is 13.7. The first-order chi connectivity index (χ1) is 12.0. The number of non-ortho nitro benzene ring substituents is 1. The van der Waals surface area contributed by atoms with E-state index in [1.165, 1.54) is 12.1 Å². The van der Waals surface area contributed by atoms with Gasteiger partial charge in [-0.1, -0.05) is 43.7 Å². The van der Waals surface area contributed by atoms with Crippen LogP contribution in [-0.4, -0.2) is 15.6 Å². The van der Waals surface area contributed by atoms with Crippen molar-refractivity contribution in [2.45, 2.75) is 26.2 Å². The zero-order chi connectivity index (χ0) is 18.2. The predicted octanol–water partition coefficient (Wildman–Crippen LogP) is 4.51. The van der Waals surface area contributed by atoms with Crippen molar-refractivity contribution < 1.29 is 9.85 Å². The van der Waals surface area contributed by atoms with Gasteiger partial charge in [0, 0.05) is 6.07 Å². The molecule has 0 unspecified atom stereocenters. The average molecular weight is 342 g/mol. The summed E-state index contributed by atoms with van der Waals surface area (Å²) in [7, 11) is 0. The van der Waals surface area contributed by atoms with Gasteiger partial charge in [0.05, 0.1) is 21.6 Å². The van der Waals surface area contributed by atoms with E-state index in [4.69, 9.17) is 0 Å². The molecule has 0 saturated heterocycles. The molecule has 25 heavy (non-hydrogen) atoms. The van der Waals surface area contributed by atoms with Crippen molar-refractivity contribution in [1.82, 2.24) is 0 Å². The molecular weight excluding hydrogens is 324 g/mol. The Morgan fingerprint density at radius 3 is 2.40 bits per heavy atom. The maximum absolute atomic E-state index is 11.2. The van der Waals surface area contributed by atoms with Crippen LogP contribution in [0.5, 0.6) is 0 Å². The number of benzene rings is 2. The summed E-state index contributed by atoms with van der Waals surface area (Å²) in [6.45, 7) is 2.07. The SMILES string of the molecule is CCCC/C(=N\Nc1ccc([N+](=O)[O-])cc1[N+](=O)[O-])c1ccccc1. The Bertz CT molecular complexity index is 790. The highest BCUT2D eigenvalue weighted by atomic mass is 16.6. The zero-order valence-corrected chi connectivity index (χ0v) is 13.7. The lowest BCUT2D eigenvalue weighted by Gasteiger charge is -2.08. The minimum atomic E-state index is -0.670. The van der Waals surface area contributed by atoms with Crippen LogP contribution in [0.15, 0.2) is 53.6 Å². The molecule has 8 nitrogen and oxygen atoms in total. The van der Waals surface area contributed by atoms with Gasteiger partial charge < -0.3 is 0 Å². The van der Waals surface area contributed by atoms with Gasteiger partial charge in [-0.25, -0.2) is 0 Å². The lowest BCUT2D eigenvalue weighted by molar-refractivity contribution is -0.393. The van der Waals surface area contributed by atoms with Crippen LogP contribution in [0.4, 0.5) is 17.1 Å². The number of hydrogen-bond acceptors (Lipinski definition) is 6. The highest BCUT2D eigenvalue weighted by Gasteiger charge is 2.19. The molecule has 1 N–H and O–H groups in total. The highest BCUT2D eigenvalue weighted by molar-refractivity contribution is 6.01. The van der Waals surface area contributed by atoms with E-state index in [9.17, 15) is 20.2 Å². The number of nitro groups is 2. The summed E-state index contributed by atoms with van der Waals surface area (Å²) >= 11 is 0. The van der Waals surface area contributed by atoms with E-state index < -0.39 is 9.85 Å². The van der Waals surface area contributed by atoms with Crippen LogP contribution in [0.1, 0.15) is 31.7 Å². The number of rotatable bonds is 8. The molecule has 8 heteroatoms. The number of nitro benzene ring substituents is 2. The van der Waals surface area contributed by atoms with E-state index in [-0.39, 0.29) is 17.1 Å². The molecule has 0 aliphatic rings. The predicted molar refractivity (Wildman–Crippen MR) is 95.9 cm³/mol. The summed E-state index contributed by atoms with van der Waals surface area (Å²) < 4.78 is 0. The van der Waals surface area contributed by atoms with Crippen LogP contribution in [0.25, 0.3) is 0 Å². The van der Waals surface area contributed by atoms with Gasteiger partial charge in [0.1, 0.15) is 5.69 Å². The Hall–Kier alpha value is -3.29. The molecule has 0 bridgehead atoms. The molecule has 0 radical (unpaired) electrons. The van der Waals surface area contributed by atoms with Crippen LogP contribution >= 0.6 is 0 Å². The molecule has 0 aliphatic carbocycles. The van der Waals surface area contributed by atoms with Gasteiger partial charge in [0.25, 0.3) is 5.69 Å². The Labute approximate surface area is 144 Å². The van der Waals surface area contributed by atoms with Crippen molar-refractivity contribution in [3.63, 3.8) is 0 Å². The summed E-state index contributed by atoms with van der Waals surface area (Å²) in [6, 6.07) is 12.9. The van der Waals surface area contributed by atoms with Crippen LogP contribution < -0.4 is 5.43 Å². The third-order valence-electron chi connectivity index (χ3n) is 3.57. The summed E-state index contributed by atoms with van der Waals surface area (Å²) in [5.41, 5.74) is 3.78. The molecule has 2 rings (SSSR count). The third-order valence-corrected chi connectivity index (χ3v) is 3.57. The van der Waals surface area contributed by atoms with Crippen molar-refractivity contribution in [2.24, 2.45) is 5.10 Å². The van der Waals surface area contributed by atoms with Gasteiger partial charge >= 0.3 is 5.69 Å². The molecule has 0 saturated carbocycles. The van der Waals surface area contributed by atoms with Crippen LogP contribution in [-0.2, 0) is 0 Å². The number of hydrazone groups is 1. The quantitative estimate of drug-likeness (QED) is 0.431. The van der Waals surface area contributed by atoms with Crippen molar-refractivity contribution in [3.05, 3.63) is 74.3 Å². The number of anilines is 1. The molecule has 2 aromatic carbocycles. The Morgan fingerprint density at radius 2 is 1.80 bits per heavy atom. The maximum atomic E-state index is 11.2. The first-order valence-electron chi connectivity index (χ1n) is 7.83. The first-order valence-corrected chi connectivity index (χ1v) is 7.83. The lowest BCUT2D eigenvalue weighted by Crippen LogP contribution is -2.06. The van der Waals surface area contributed by atoms with Crippen molar-refractivity contribution in [3.8, 4) is 0 Å². The number of nitrogens with one attached hydrogen (secondary N) is 1. The molecule has 2 aromatic rings. The van der Waals surface area contributed by atoms with E-state index in [1.54, 1.807) is 0 Å². The van der Waals surface area contributed by atoms with E-state index in [0.717, 1.165) is 30.2 Å². The fourth-order valence-corrected chi connectivity index (χ4v) is 2.25. The Kier molecular flexibility index (Phi) is 6.16. The van der Waals surface area contributed by atoms with Gasteiger partial charge in [-0.3, -0.25) is 25.7 Å². The topological polar surface area (TPSA) is 111 Å². The molecule has 0 amide bonds. The minimum Gasteiger partial charge on any atom is -0.271 e. The fraction of sp³-hybridized carbons (Fsp3) is 0.235. The lowest BCUT2D eigenvalue weighted by atomic mass is 10.1. The molecule has 0 aliphatic heterocycles. The highest BCUT2D eigenvalue weighted by Crippen LogP contribution is 2.29. The summed E-state index contributed by atoms with van der Waals surface area (Å²) in [6.07, 6.45) is 2.63. The van der Waals surface area contributed by atoms with Crippen LogP contribution in [0, 0.1) is 20.2 Å². The normalized spacial score (nSPS) is 11.2. The van der Waals surface area contributed by atoms with E-state index in [2.05, 4.69) is 17.5 Å². The first kappa shape index (κ1) is 18.1. The second-order valence-corrected chi connectivity index (χ2v) is 5.36. The molecule has 0 atom stereocenters. The van der Waals surface area contributed by atoms with Crippen LogP contribution in [0.3, 0.4) is 0 Å². The van der Waals surface area contributed by atoms with E-state index >= 15 is 0 Å². The molecular formula is C17H18N4O4. The summed E-state index contributed by atoms with van der Waals surface area (Å²) in [5, 5.41) is 26.3. The third kappa shape index (κ3) is 4.84. The molecule has 0 aromatic heterocycles. The smallest absolute Gasteiger partial charge is 0.271 e. The molecule has 0 heterocycles. The van der Waals surface area contributed by atoms with E-state index in [1.807, 2.05) is 30.3 Å². The monoisotopic (exact) mass is 342 g/mol. The number of nitrogens with zero attached hydrogens (tertiary/aromatic N) is 3. The average Bonchev–Trinajstić information content (AvgIpc) is 2.62. The van der Waals surface area contributed by atoms with Crippen LogP contribution in [0.2, 0.25) is 0 Å². The van der Waals surface area contributed by atoms with Crippen molar-refractivity contribution in [2.75, 3.05) is 5.43 Å². The summed E-state index contributed by atoms with van der Waals surface area (Å²) in [5.74, 6) is 0. The molecule has 130 valence electrons. The maximum Gasteiger partial charge on any atom is 0.301 e. The standard InChI is InChI=1S/C17H18N4O4/c1-2-3-9-15(13-7-5-4-6-8-13)18-19-16-11-10-14(20(22)23)12-17(16)21(24)25/h4-8,10-12,19H,2-3,9H2,1H3/b18-15+. The Balaban J connectivity index is 2.33. The van der Waals surface area contributed by atoms with Gasteiger partial charge in [0.15, 0.2) is 0 Å². The van der Waals surface area contributed by atoms with Gasteiger partial charge in [-0.15, -0.1) is 0 Å².